The van der Waals surface area contributed by atoms with Crippen LogP contribution in [0.2, 0.25) is 5.02 Å². The Kier molecular flexibility index (Phi) is 5.03. The molecule has 15 heavy (non-hydrogen) atoms. The minimum absolute atomic E-state index is 0.368. The average molecular weight is 224 g/mol. The van der Waals surface area contributed by atoms with Crippen molar-refractivity contribution in [1.82, 2.24) is 0 Å². The second kappa shape index (κ2) is 6.34. The molecule has 2 N–H and O–H groups in total. The molecule has 3 heteroatoms. The molecule has 0 heterocycles. The minimum Gasteiger partial charge on any atom is -0.479 e. The molecule has 1 rings (SSSR count). The Bertz CT molecular complexity index is 379. The van der Waals surface area contributed by atoms with Gasteiger partial charge in [0.25, 0.3) is 0 Å². The van der Waals surface area contributed by atoms with Crippen LogP contribution in [0.15, 0.2) is 18.2 Å². The molecule has 0 aromatic heterocycles. The molecule has 0 spiro atoms. The van der Waals surface area contributed by atoms with Gasteiger partial charge in [0, 0.05) is 0 Å². The van der Waals surface area contributed by atoms with Gasteiger partial charge in [0.1, 0.15) is 12.4 Å². The van der Waals surface area contributed by atoms with Gasteiger partial charge in [-0.05, 0) is 37.6 Å². The summed E-state index contributed by atoms with van der Waals surface area (Å²) >= 11 is 6.03. The topological polar surface area (TPSA) is 35.2 Å². The van der Waals surface area contributed by atoms with Crippen LogP contribution < -0.4 is 10.5 Å². The molecule has 0 bridgehead atoms. The molecule has 0 aliphatic carbocycles. The number of nitrogens with two attached hydrogens (primary N) is 1. The van der Waals surface area contributed by atoms with Gasteiger partial charge in [0.15, 0.2) is 0 Å². The van der Waals surface area contributed by atoms with Crippen molar-refractivity contribution in [2.75, 3.05) is 13.2 Å². The van der Waals surface area contributed by atoms with Crippen LogP contribution in [0.1, 0.15) is 12.5 Å². The lowest BCUT2D eigenvalue weighted by molar-refractivity contribution is 0.370. The van der Waals surface area contributed by atoms with Crippen molar-refractivity contribution >= 4 is 11.6 Å². The third-order valence-electron chi connectivity index (χ3n) is 1.91. The average Bonchev–Trinajstić information content (AvgIpc) is 2.22. The van der Waals surface area contributed by atoms with Crippen molar-refractivity contribution < 1.29 is 4.74 Å². The molecule has 0 aliphatic rings. The van der Waals surface area contributed by atoms with Crippen LogP contribution in [0, 0.1) is 11.8 Å². The monoisotopic (exact) mass is 223 g/mol. The molecule has 0 atom stereocenters. The Hall–Kier alpha value is -1.17. The predicted octanol–water partition coefficient (Wildman–Crippen LogP) is 2.24. The highest BCUT2D eigenvalue weighted by atomic mass is 35.5. The summed E-state index contributed by atoms with van der Waals surface area (Å²) in [5.41, 5.74) is 6.58. The number of hydrogen-bond acceptors (Lipinski definition) is 2. The lowest BCUT2D eigenvalue weighted by Crippen LogP contribution is -2.03. The summed E-state index contributed by atoms with van der Waals surface area (Å²) in [6, 6.07) is 5.70. The number of benzene rings is 1. The van der Waals surface area contributed by atoms with Gasteiger partial charge >= 0.3 is 0 Å². The second-order valence-electron chi connectivity index (χ2n) is 3.02. The molecule has 0 saturated carbocycles. The van der Waals surface area contributed by atoms with Crippen LogP contribution in [0.3, 0.4) is 0 Å². The first-order chi connectivity index (χ1) is 7.27. The maximum Gasteiger partial charge on any atom is 0.149 e. The molecule has 0 aliphatic heterocycles. The van der Waals surface area contributed by atoms with Gasteiger partial charge in [-0.25, -0.2) is 0 Å². The first-order valence-corrected chi connectivity index (χ1v) is 5.16. The van der Waals surface area contributed by atoms with Crippen LogP contribution in [0.4, 0.5) is 0 Å². The molecule has 0 unspecified atom stereocenters. The highest BCUT2D eigenvalue weighted by Gasteiger charge is 2.01. The molecule has 1 aromatic carbocycles. The molecule has 80 valence electrons. The summed E-state index contributed by atoms with van der Waals surface area (Å²) in [5, 5.41) is 0.610. The van der Waals surface area contributed by atoms with Crippen molar-refractivity contribution in [3.05, 3.63) is 28.8 Å². The Balaban J connectivity index is 2.68. The van der Waals surface area contributed by atoms with Gasteiger partial charge in [-0.15, -0.1) is 5.92 Å². The first kappa shape index (κ1) is 11.9. The molecular formula is C12H14ClNO. The van der Waals surface area contributed by atoms with Crippen LogP contribution in [-0.2, 0) is 6.42 Å². The van der Waals surface area contributed by atoms with Gasteiger partial charge in [0.2, 0.25) is 0 Å². The fourth-order valence-electron chi connectivity index (χ4n) is 1.17. The van der Waals surface area contributed by atoms with Gasteiger partial charge in [-0.2, -0.15) is 0 Å². The highest BCUT2D eigenvalue weighted by Crippen LogP contribution is 2.25. The van der Waals surface area contributed by atoms with Crippen LogP contribution >= 0.6 is 11.6 Å². The third-order valence-corrected chi connectivity index (χ3v) is 2.20. The number of halogens is 1. The molecule has 0 amide bonds. The van der Waals surface area contributed by atoms with Crippen LogP contribution in [0.25, 0.3) is 0 Å². The Labute approximate surface area is 95.4 Å². The third kappa shape index (κ3) is 3.83. The van der Waals surface area contributed by atoms with E-state index in [4.69, 9.17) is 22.1 Å². The van der Waals surface area contributed by atoms with Crippen molar-refractivity contribution in [3.8, 4) is 17.6 Å². The maximum absolute atomic E-state index is 6.03. The van der Waals surface area contributed by atoms with Gasteiger partial charge in [0.05, 0.1) is 5.02 Å². The van der Waals surface area contributed by atoms with Gasteiger partial charge in [-0.1, -0.05) is 23.6 Å². The normalized spacial score (nSPS) is 9.27. The molecule has 0 saturated heterocycles. The van der Waals surface area contributed by atoms with Crippen molar-refractivity contribution in [3.63, 3.8) is 0 Å². The smallest absolute Gasteiger partial charge is 0.149 e. The standard InChI is InChI=1S/C12H14ClNO/c1-2-3-8-15-12-5-4-10(6-7-14)9-11(12)13/h4-5,9H,6-8,14H2,1H3. The van der Waals surface area contributed by atoms with E-state index in [0.29, 0.717) is 23.9 Å². The zero-order chi connectivity index (χ0) is 11.1. The van der Waals surface area contributed by atoms with E-state index in [9.17, 15) is 0 Å². The van der Waals surface area contributed by atoms with E-state index in [1.54, 1.807) is 6.92 Å². The molecule has 2 nitrogen and oxygen atoms in total. The van der Waals surface area contributed by atoms with Gasteiger partial charge < -0.3 is 10.5 Å². The van der Waals surface area contributed by atoms with Crippen LogP contribution in [-0.4, -0.2) is 13.2 Å². The van der Waals surface area contributed by atoms with E-state index >= 15 is 0 Å². The van der Waals surface area contributed by atoms with E-state index in [1.807, 2.05) is 18.2 Å². The maximum atomic E-state index is 6.03. The van der Waals surface area contributed by atoms with E-state index in [1.165, 1.54) is 0 Å². The Morgan fingerprint density at radius 2 is 2.27 bits per heavy atom. The fraction of sp³-hybridized carbons (Fsp3) is 0.333. The second-order valence-corrected chi connectivity index (χ2v) is 3.43. The summed E-state index contributed by atoms with van der Waals surface area (Å²) in [4.78, 5) is 0. The van der Waals surface area contributed by atoms with Crippen molar-refractivity contribution in [1.29, 1.82) is 0 Å². The highest BCUT2D eigenvalue weighted by molar-refractivity contribution is 6.32. The number of rotatable bonds is 4. The van der Waals surface area contributed by atoms with Gasteiger partial charge in [-0.3, -0.25) is 0 Å². The lowest BCUT2D eigenvalue weighted by Gasteiger charge is -2.06. The zero-order valence-electron chi connectivity index (χ0n) is 8.72. The SMILES string of the molecule is CC#CCOc1ccc(CCN)cc1Cl. The fourth-order valence-corrected chi connectivity index (χ4v) is 1.43. The summed E-state index contributed by atoms with van der Waals surface area (Å²) in [6.45, 7) is 2.76. The quantitative estimate of drug-likeness (QED) is 0.795. The first-order valence-electron chi connectivity index (χ1n) is 4.79. The van der Waals surface area contributed by atoms with E-state index in [-0.39, 0.29) is 0 Å². The van der Waals surface area contributed by atoms with Crippen molar-refractivity contribution in [2.45, 2.75) is 13.3 Å². The van der Waals surface area contributed by atoms with Crippen LogP contribution in [0.5, 0.6) is 5.75 Å². The minimum atomic E-state index is 0.368. The summed E-state index contributed by atoms with van der Waals surface area (Å²) in [6.07, 6.45) is 0.828. The summed E-state index contributed by atoms with van der Waals surface area (Å²) in [7, 11) is 0. The summed E-state index contributed by atoms with van der Waals surface area (Å²) in [5.74, 6) is 6.23. The zero-order valence-corrected chi connectivity index (χ0v) is 9.47. The Morgan fingerprint density at radius 3 is 2.87 bits per heavy atom. The largest absolute Gasteiger partial charge is 0.479 e. The number of hydrogen-bond donors (Lipinski definition) is 1. The van der Waals surface area contributed by atoms with E-state index in [0.717, 1.165) is 12.0 Å². The van der Waals surface area contributed by atoms with E-state index in [2.05, 4.69) is 11.8 Å². The lowest BCUT2D eigenvalue weighted by atomic mass is 10.1. The molecule has 1 aromatic rings. The molecule has 0 fully saturated rings. The molecule has 0 radical (unpaired) electrons. The van der Waals surface area contributed by atoms with E-state index < -0.39 is 0 Å². The predicted molar refractivity (Wildman–Crippen MR) is 63.2 cm³/mol. The Morgan fingerprint density at radius 1 is 1.47 bits per heavy atom. The number of ether oxygens (including phenoxy) is 1. The molecular weight excluding hydrogens is 210 g/mol. The van der Waals surface area contributed by atoms with Crippen molar-refractivity contribution in [2.24, 2.45) is 5.73 Å². The summed E-state index contributed by atoms with van der Waals surface area (Å²) < 4.78 is 5.37.